The number of piperidine rings is 1. The average molecular weight is 490 g/mol. The second-order valence-corrected chi connectivity index (χ2v) is 11.1. The Morgan fingerprint density at radius 3 is 2.65 bits per heavy atom. The minimum absolute atomic E-state index is 0.0727. The number of hydrogen-bond donors (Lipinski definition) is 0. The fraction of sp³-hybridized carbons (Fsp3) is 0.385. The second kappa shape index (κ2) is 9.50. The van der Waals surface area contributed by atoms with E-state index >= 15 is 0 Å². The van der Waals surface area contributed by atoms with Crippen molar-refractivity contribution in [3.63, 3.8) is 0 Å². The van der Waals surface area contributed by atoms with Crippen LogP contribution in [0.2, 0.25) is 0 Å². The van der Waals surface area contributed by atoms with Gasteiger partial charge in [-0.05, 0) is 49.8 Å². The van der Waals surface area contributed by atoms with Crippen LogP contribution in [0.25, 0.3) is 10.2 Å². The van der Waals surface area contributed by atoms with E-state index in [2.05, 4.69) is 51.2 Å². The van der Waals surface area contributed by atoms with Crippen molar-refractivity contribution in [2.45, 2.75) is 55.8 Å². The van der Waals surface area contributed by atoms with E-state index in [0.717, 1.165) is 53.9 Å². The number of rotatable bonds is 7. The van der Waals surface area contributed by atoms with Crippen molar-refractivity contribution in [1.82, 2.24) is 24.6 Å². The number of nitrogens with zero attached hydrogens (tertiary/aromatic N) is 5. The minimum Gasteiger partial charge on any atom is -0.332 e. The molecule has 1 aliphatic carbocycles. The topological polar surface area (TPSA) is 63.9 Å². The molecule has 0 radical (unpaired) electrons. The summed E-state index contributed by atoms with van der Waals surface area (Å²) in [7, 11) is 0. The van der Waals surface area contributed by atoms with Gasteiger partial charge < -0.3 is 9.47 Å². The van der Waals surface area contributed by atoms with Gasteiger partial charge >= 0.3 is 0 Å². The zero-order chi connectivity index (χ0) is 22.9. The lowest BCUT2D eigenvalue weighted by Gasteiger charge is -2.34. The number of likely N-dealkylation sites (tertiary alicyclic amines) is 1. The molecule has 2 aromatic heterocycles. The number of amides is 1. The summed E-state index contributed by atoms with van der Waals surface area (Å²) < 4.78 is 3.40. The summed E-state index contributed by atoms with van der Waals surface area (Å²) in [6.45, 7) is 1.54. The van der Waals surface area contributed by atoms with Crippen LogP contribution < -0.4 is 0 Å². The number of thiazole rings is 1. The first-order chi connectivity index (χ1) is 16.8. The molecule has 2 aliphatic rings. The predicted octanol–water partition coefficient (Wildman–Crippen LogP) is 5.66. The Morgan fingerprint density at radius 2 is 1.82 bits per heavy atom. The number of carbonyl (C=O) groups excluding carboxylic acids is 1. The van der Waals surface area contributed by atoms with E-state index in [1.807, 2.05) is 23.1 Å². The smallest absolute Gasteiger partial charge is 0.233 e. The Morgan fingerprint density at radius 1 is 1.00 bits per heavy atom. The van der Waals surface area contributed by atoms with Gasteiger partial charge in [0.15, 0.2) is 5.16 Å². The molecule has 1 amide bonds. The molecule has 0 unspecified atom stereocenters. The molecular weight excluding hydrogens is 462 g/mol. The van der Waals surface area contributed by atoms with E-state index in [1.165, 1.54) is 34.9 Å². The monoisotopic (exact) mass is 489 g/mol. The average Bonchev–Trinajstić information content (AvgIpc) is 3.50. The lowest BCUT2D eigenvalue weighted by atomic mass is 10.0. The van der Waals surface area contributed by atoms with Gasteiger partial charge in [0.1, 0.15) is 10.8 Å². The Balaban J connectivity index is 1.19. The molecule has 3 heterocycles. The largest absolute Gasteiger partial charge is 0.332 e. The zero-order valence-electron chi connectivity index (χ0n) is 19.0. The van der Waals surface area contributed by atoms with Crippen LogP contribution in [-0.2, 0) is 11.3 Å². The third kappa shape index (κ3) is 4.49. The standard InChI is InChI=1S/C26H27N5OS2/c32-23(30-15-7-6-11-21(30)25-27-20-10-4-5-12-22(20)34-25)17-33-26-29-28-24(19-13-14-19)31(26)16-18-8-2-1-3-9-18/h1-5,8-10,12,19,21H,6-7,11,13-17H2/t21-/m1/s1. The number of para-hydroxylation sites is 1. The van der Waals surface area contributed by atoms with Crippen LogP contribution in [-0.4, -0.2) is 42.9 Å². The predicted molar refractivity (Wildman–Crippen MR) is 136 cm³/mol. The van der Waals surface area contributed by atoms with Crippen LogP contribution in [0.3, 0.4) is 0 Å². The molecule has 0 N–H and O–H groups in total. The first-order valence-corrected chi connectivity index (χ1v) is 13.8. The molecule has 8 heteroatoms. The highest BCUT2D eigenvalue weighted by atomic mass is 32.2. The Hall–Kier alpha value is -2.71. The van der Waals surface area contributed by atoms with E-state index < -0.39 is 0 Å². The molecule has 1 saturated carbocycles. The second-order valence-electron chi connectivity index (χ2n) is 9.09. The van der Waals surface area contributed by atoms with Crippen molar-refractivity contribution in [2.75, 3.05) is 12.3 Å². The minimum atomic E-state index is 0.0727. The first kappa shape index (κ1) is 21.8. The third-order valence-electron chi connectivity index (χ3n) is 6.61. The number of benzene rings is 2. The Kier molecular flexibility index (Phi) is 6.09. The van der Waals surface area contributed by atoms with Gasteiger partial charge in [-0.2, -0.15) is 0 Å². The molecule has 34 heavy (non-hydrogen) atoms. The molecule has 1 saturated heterocycles. The molecule has 1 aliphatic heterocycles. The highest BCUT2D eigenvalue weighted by Gasteiger charge is 2.32. The Bertz CT molecular complexity index is 1260. The fourth-order valence-electron chi connectivity index (χ4n) is 4.69. The van der Waals surface area contributed by atoms with Crippen molar-refractivity contribution in [3.8, 4) is 0 Å². The van der Waals surface area contributed by atoms with Gasteiger partial charge in [-0.15, -0.1) is 21.5 Å². The van der Waals surface area contributed by atoms with Crippen molar-refractivity contribution < 1.29 is 4.79 Å². The summed E-state index contributed by atoms with van der Waals surface area (Å²) in [4.78, 5) is 20.3. The van der Waals surface area contributed by atoms with Gasteiger partial charge in [0, 0.05) is 12.5 Å². The maximum absolute atomic E-state index is 13.4. The van der Waals surface area contributed by atoms with Gasteiger partial charge in [-0.3, -0.25) is 4.79 Å². The number of aromatic nitrogens is 4. The summed E-state index contributed by atoms with van der Waals surface area (Å²) >= 11 is 3.24. The van der Waals surface area contributed by atoms with E-state index in [-0.39, 0.29) is 11.9 Å². The van der Waals surface area contributed by atoms with E-state index in [0.29, 0.717) is 11.7 Å². The van der Waals surface area contributed by atoms with E-state index in [1.54, 1.807) is 11.3 Å². The number of carbonyl (C=O) groups is 1. The molecule has 1 atom stereocenters. The normalized spacial score (nSPS) is 18.5. The van der Waals surface area contributed by atoms with Crippen LogP contribution in [0.15, 0.2) is 59.8 Å². The van der Waals surface area contributed by atoms with Crippen molar-refractivity contribution >= 4 is 39.2 Å². The molecular formula is C26H27N5OS2. The lowest BCUT2D eigenvalue weighted by Crippen LogP contribution is -2.39. The van der Waals surface area contributed by atoms with Crippen LogP contribution in [0.1, 0.15) is 60.5 Å². The highest BCUT2D eigenvalue weighted by Crippen LogP contribution is 2.40. The summed E-state index contributed by atoms with van der Waals surface area (Å²) in [5, 5.41) is 10.9. The Labute approximate surface area is 207 Å². The van der Waals surface area contributed by atoms with Crippen molar-refractivity contribution in [2.24, 2.45) is 0 Å². The number of fused-ring (bicyclic) bond motifs is 1. The molecule has 2 aromatic carbocycles. The molecule has 4 aromatic rings. The number of hydrogen-bond acceptors (Lipinski definition) is 6. The fourth-order valence-corrected chi connectivity index (χ4v) is 6.64. The number of thioether (sulfide) groups is 1. The summed E-state index contributed by atoms with van der Waals surface area (Å²) in [6.07, 6.45) is 5.51. The third-order valence-corrected chi connectivity index (χ3v) is 8.70. The van der Waals surface area contributed by atoms with Crippen molar-refractivity contribution in [1.29, 1.82) is 0 Å². The van der Waals surface area contributed by atoms with Gasteiger partial charge in [0.05, 0.1) is 28.6 Å². The van der Waals surface area contributed by atoms with Crippen LogP contribution >= 0.6 is 23.1 Å². The quantitative estimate of drug-likeness (QED) is 0.314. The van der Waals surface area contributed by atoms with Crippen LogP contribution in [0.4, 0.5) is 0 Å². The van der Waals surface area contributed by atoms with Gasteiger partial charge in [-0.25, -0.2) is 4.98 Å². The zero-order valence-corrected chi connectivity index (χ0v) is 20.6. The van der Waals surface area contributed by atoms with Gasteiger partial charge in [-0.1, -0.05) is 54.2 Å². The SMILES string of the molecule is O=C(CSc1nnc(C2CC2)n1Cc1ccccc1)N1CCCC[C@@H]1c1nc2ccccc2s1. The maximum atomic E-state index is 13.4. The molecule has 6 rings (SSSR count). The first-order valence-electron chi connectivity index (χ1n) is 12.0. The van der Waals surface area contributed by atoms with Crippen LogP contribution in [0, 0.1) is 0 Å². The lowest BCUT2D eigenvalue weighted by molar-refractivity contribution is -0.132. The molecule has 174 valence electrons. The molecule has 6 nitrogen and oxygen atoms in total. The highest BCUT2D eigenvalue weighted by molar-refractivity contribution is 7.99. The maximum Gasteiger partial charge on any atom is 0.233 e. The summed E-state index contributed by atoms with van der Waals surface area (Å²) in [6, 6.07) is 18.7. The van der Waals surface area contributed by atoms with E-state index in [4.69, 9.17) is 4.98 Å². The van der Waals surface area contributed by atoms with E-state index in [9.17, 15) is 4.79 Å². The molecule has 0 bridgehead atoms. The van der Waals surface area contributed by atoms with Crippen molar-refractivity contribution in [3.05, 3.63) is 71.0 Å². The summed E-state index contributed by atoms with van der Waals surface area (Å²) in [5.41, 5.74) is 2.25. The summed E-state index contributed by atoms with van der Waals surface area (Å²) in [5.74, 6) is 2.10. The van der Waals surface area contributed by atoms with Gasteiger partial charge in [0.25, 0.3) is 0 Å². The van der Waals surface area contributed by atoms with Gasteiger partial charge in [0.2, 0.25) is 5.91 Å². The molecule has 2 fully saturated rings. The molecule has 0 spiro atoms. The van der Waals surface area contributed by atoms with Crippen LogP contribution in [0.5, 0.6) is 0 Å².